The van der Waals surface area contributed by atoms with Gasteiger partial charge in [-0.2, -0.15) is 9.49 Å². The summed E-state index contributed by atoms with van der Waals surface area (Å²) in [6, 6.07) is 2.34. The maximum atomic E-state index is 13.8. The van der Waals surface area contributed by atoms with Gasteiger partial charge in [-0.05, 0) is 48.8 Å². The van der Waals surface area contributed by atoms with E-state index in [1.165, 1.54) is 24.6 Å². The summed E-state index contributed by atoms with van der Waals surface area (Å²) in [5.74, 6) is -2.74. The van der Waals surface area contributed by atoms with E-state index in [4.69, 9.17) is 4.74 Å². The number of hydrogen-bond donors (Lipinski definition) is 0. The van der Waals surface area contributed by atoms with Crippen molar-refractivity contribution in [1.29, 1.82) is 0 Å². The zero-order valence-electron chi connectivity index (χ0n) is 15.0. The van der Waals surface area contributed by atoms with E-state index >= 15 is 0 Å². The number of alkyl halides is 1. The molecule has 0 aliphatic rings. The number of ketones is 1. The van der Waals surface area contributed by atoms with Crippen LogP contribution in [0.15, 0.2) is 16.6 Å². The molecule has 2 aromatic rings. The number of carbonyl (C=O) groups excluding carboxylic acids is 1. The number of Topliss-reactive ketones (excluding diaryl/α,β-unsaturated/α-hetero) is 1. The van der Waals surface area contributed by atoms with Crippen LogP contribution in [-0.4, -0.2) is 28.8 Å². The Morgan fingerprint density at radius 1 is 1.35 bits per heavy atom. The van der Waals surface area contributed by atoms with Crippen molar-refractivity contribution in [2.45, 2.75) is 27.2 Å². The molecule has 0 aliphatic carbocycles. The number of ether oxygens (including phenoxy) is 1. The Balaban J connectivity index is 2.23. The number of nitrogens with zero attached hydrogens (tertiary/aromatic N) is 2. The summed E-state index contributed by atoms with van der Waals surface area (Å²) in [6.45, 7) is 4.00. The topological polar surface area (TPSA) is 44.1 Å². The largest absolute Gasteiger partial charge is 0.489 e. The molecule has 1 aromatic heterocycles. The average Bonchev–Trinajstić information content (AvgIpc) is 2.88. The fourth-order valence-corrected chi connectivity index (χ4v) is 2.83. The van der Waals surface area contributed by atoms with E-state index in [1.54, 1.807) is 14.0 Å². The lowest BCUT2D eigenvalue weighted by atomic mass is 9.86. The lowest BCUT2D eigenvalue weighted by Crippen LogP contribution is -2.28. The maximum absolute atomic E-state index is 13.8. The van der Waals surface area contributed by atoms with Gasteiger partial charge in [0.2, 0.25) is 5.82 Å². The van der Waals surface area contributed by atoms with Gasteiger partial charge in [-0.3, -0.25) is 13.9 Å². The quantitative estimate of drug-likeness (QED) is 0.475. The van der Waals surface area contributed by atoms with Crippen molar-refractivity contribution < 1.29 is 22.7 Å². The Morgan fingerprint density at radius 3 is 2.62 bits per heavy atom. The first-order valence-corrected chi connectivity index (χ1v) is 8.79. The molecule has 8 heteroatoms. The molecule has 0 fully saturated rings. The highest BCUT2D eigenvalue weighted by Crippen LogP contribution is 2.30. The van der Waals surface area contributed by atoms with Gasteiger partial charge in [-0.15, -0.1) is 0 Å². The van der Waals surface area contributed by atoms with Gasteiger partial charge in [0.25, 0.3) is 0 Å². The number of aryl methyl sites for hydroxylation is 1. The van der Waals surface area contributed by atoms with E-state index in [0.29, 0.717) is 5.56 Å². The Bertz CT molecular complexity index is 834. The third kappa shape index (κ3) is 3.95. The summed E-state index contributed by atoms with van der Waals surface area (Å²) >= 11 is 3.12. The normalized spacial score (nSPS) is 11.7. The number of hydrogen-bond acceptors (Lipinski definition) is 3. The lowest BCUT2D eigenvalue weighted by molar-refractivity contribution is 0.0793. The Kier molecular flexibility index (Phi) is 6.16. The standard InChI is InChI=1S/C18H20BrF3N2O2/c1-10-11(15(23-24(10)4)17(25)18(2,3)9-20)7-8-26-16-12(19)5-6-13(21)14(16)22/h5-6H,7-9H2,1-4H3. The van der Waals surface area contributed by atoms with Gasteiger partial charge in [0.15, 0.2) is 17.3 Å². The molecule has 0 spiro atoms. The highest BCUT2D eigenvalue weighted by Gasteiger charge is 2.33. The first kappa shape index (κ1) is 20.5. The molecule has 4 nitrogen and oxygen atoms in total. The molecule has 0 atom stereocenters. The predicted molar refractivity (Wildman–Crippen MR) is 95.3 cm³/mol. The highest BCUT2D eigenvalue weighted by molar-refractivity contribution is 9.10. The summed E-state index contributed by atoms with van der Waals surface area (Å²) in [4.78, 5) is 12.6. The molecule has 0 N–H and O–H groups in total. The minimum absolute atomic E-state index is 0.00183. The third-order valence-corrected chi connectivity index (χ3v) is 4.85. The smallest absolute Gasteiger partial charge is 0.201 e. The molecule has 2 rings (SSSR count). The second kappa shape index (κ2) is 7.82. The predicted octanol–water partition coefficient (Wildman–Crippen LogP) is 4.57. The fourth-order valence-electron chi connectivity index (χ4n) is 2.41. The number of halogens is 4. The molecule has 142 valence electrons. The Hall–Kier alpha value is -1.83. The highest BCUT2D eigenvalue weighted by atomic mass is 79.9. The molecule has 26 heavy (non-hydrogen) atoms. The number of carbonyl (C=O) groups is 1. The van der Waals surface area contributed by atoms with Crippen molar-refractivity contribution >= 4 is 21.7 Å². The van der Waals surface area contributed by atoms with Crippen LogP contribution in [0.4, 0.5) is 13.2 Å². The van der Waals surface area contributed by atoms with E-state index in [1.807, 2.05) is 0 Å². The van der Waals surface area contributed by atoms with E-state index in [-0.39, 0.29) is 28.9 Å². The summed E-state index contributed by atoms with van der Waals surface area (Å²) < 4.78 is 47.6. The summed E-state index contributed by atoms with van der Waals surface area (Å²) in [6.07, 6.45) is 0.242. The zero-order valence-corrected chi connectivity index (χ0v) is 16.6. The SMILES string of the molecule is Cc1c(CCOc2c(Br)ccc(F)c2F)c(C(=O)C(C)(C)CF)nn1C. The van der Waals surface area contributed by atoms with Gasteiger partial charge >= 0.3 is 0 Å². The molecule has 0 saturated carbocycles. The minimum atomic E-state index is -1.19. The van der Waals surface area contributed by atoms with E-state index in [9.17, 15) is 18.0 Å². The summed E-state index contributed by atoms with van der Waals surface area (Å²) in [5.41, 5.74) is 0.320. The van der Waals surface area contributed by atoms with Crippen molar-refractivity contribution in [2.24, 2.45) is 12.5 Å². The fraction of sp³-hybridized carbons (Fsp3) is 0.444. The maximum Gasteiger partial charge on any atom is 0.201 e. The number of rotatable bonds is 7. The number of benzene rings is 1. The lowest BCUT2D eigenvalue weighted by Gasteiger charge is -2.18. The van der Waals surface area contributed by atoms with Crippen molar-refractivity contribution in [3.63, 3.8) is 0 Å². The van der Waals surface area contributed by atoms with Crippen molar-refractivity contribution in [3.8, 4) is 5.75 Å². The third-order valence-electron chi connectivity index (χ3n) is 4.22. The van der Waals surface area contributed by atoms with Crippen LogP contribution in [0.2, 0.25) is 0 Å². The monoisotopic (exact) mass is 432 g/mol. The van der Waals surface area contributed by atoms with Gasteiger partial charge in [0.05, 0.1) is 16.5 Å². The zero-order chi connectivity index (χ0) is 19.6. The molecular formula is C18H20BrF3N2O2. The molecule has 0 unspecified atom stereocenters. The van der Waals surface area contributed by atoms with Crippen LogP contribution in [0.1, 0.15) is 35.6 Å². The van der Waals surface area contributed by atoms with Gasteiger partial charge in [-0.25, -0.2) is 4.39 Å². The van der Waals surface area contributed by atoms with Gasteiger partial charge in [-0.1, -0.05) is 0 Å². The van der Waals surface area contributed by atoms with E-state index in [2.05, 4.69) is 21.0 Å². The Morgan fingerprint density at radius 2 is 2.00 bits per heavy atom. The molecule has 0 saturated heterocycles. The van der Waals surface area contributed by atoms with Crippen LogP contribution in [0.3, 0.4) is 0 Å². The van der Waals surface area contributed by atoms with Gasteiger partial charge in [0, 0.05) is 24.7 Å². The van der Waals surface area contributed by atoms with Crippen molar-refractivity contribution in [2.75, 3.05) is 13.3 Å². The molecular weight excluding hydrogens is 413 g/mol. The Labute approximate surface area is 158 Å². The molecule has 1 heterocycles. The van der Waals surface area contributed by atoms with Crippen LogP contribution < -0.4 is 4.74 Å². The summed E-state index contributed by atoms with van der Waals surface area (Å²) in [7, 11) is 1.68. The van der Waals surface area contributed by atoms with Crippen molar-refractivity contribution in [3.05, 3.63) is 45.2 Å². The molecule has 0 amide bonds. The minimum Gasteiger partial charge on any atom is -0.489 e. The van der Waals surface area contributed by atoms with Crippen LogP contribution >= 0.6 is 15.9 Å². The van der Waals surface area contributed by atoms with Crippen LogP contribution in [0, 0.1) is 24.0 Å². The van der Waals surface area contributed by atoms with Crippen LogP contribution in [-0.2, 0) is 13.5 Å². The second-order valence-electron chi connectivity index (χ2n) is 6.65. The number of aromatic nitrogens is 2. The van der Waals surface area contributed by atoms with Crippen LogP contribution in [0.25, 0.3) is 0 Å². The second-order valence-corrected chi connectivity index (χ2v) is 7.51. The van der Waals surface area contributed by atoms with Gasteiger partial charge < -0.3 is 4.74 Å². The molecule has 1 aromatic carbocycles. The first-order valence-electron chi connectivity index (χ1n) is 7.99. The molecule has 0 bridgehead atoms. The molecule has 0 aliphatic heterocycles. The van der Waals surface area contributed by atoms with E-state index < -0.39 is 29.5 Å². The van der Waals surface area contributed by atoms with Crippen LogP contribution in [0.5, 0.6) is 5.75 Å². The summed E-state index contributed by atoms with van der Waals surface area (Å²) in [5, 5.41) is 4.20. The van der Waals surface area contributed by atoms with Crippen molar-refractivity contribution in [1.82, 2.24) is 9.78 Å². The van der Waals surface area contributed by atoms with Gasteiger partial charge in [0.1, 0.15) is 12.4 Å². The first-order chi connectivity index (χ1) is 12.1. The molecule has 0 radical (unpaired) electrons. The average molecular weight is 433 g/mol. The van der Waals surface area contributed by atoms with E-state index in [0.717, 1.165) is 11.8 Å².